The molecule has 0 radical (unpaired) electrons. The molecule has 172 valence electrons. The predicted octanol–water partition coefficient (Wildman–Crippen LogP) is 5.55. The van der Waals surface area contributed by atoms with Crippen LogP contribution in [0.4, 0.5) is 11.4 Å². The molecule has 0 spiro atoms. The van der Waals surface area contributed by atoms with Crippen molar-refractivity contribution in [2.24, 2.45) is 0 Å². The molecule has 4 rings (SSSR count). The van der Waals surface area contributed by atoms with E-state index in [1.54, 1.807) is 16.9 Å². The molecule has 0 saturated heterocycles. The summed E-state index contributed by atoms with van der Waals surface area (Å²) in [5, 5.41) is 18.7. The third kappa shape index (κ3) is 5.16. The second kappa shape index (κ2) is 10.1. The fourth-order valence-corrected chi connectivity index (χ4v) is 3.44. The van der Waals surface area contributed by atoms with Crippen molar-refractivity contribution in [3.05, 3.63) is 105 Å². The first-order chi connectivity index (χ1) is 16.4. The normalized spacial score (nSPS) is 10.5. The van der Waals surface area contributed by atoms with Crippen molar-refractivity contribution in [1.29, 1.82) is 0 Å². The fourth-order valence-electron chi connectivity index (χ4n) is 3.27. The van der Waals surface area contributed by atoms with E-state index in [0.29, 0.717) is 17.8 Å². The summed E-state index contributed by atoms with van der Waals surface area (Å²) < 4.78 is 12.8. The fraction of sp³-hybridized carbons (Fsp3) is 0.0833. The van der Waals surface area contributed by atoms with Gasteiger partial charge in [0.2, 0.25) is 5.75 Å². The lowest BCUT2D eigenvalue weighted by Gasteiger charge is -2.14. The zero-order chi connectivity index (χ0) is 24.1. The number of para-hydroxylation sites is 1. The molecule has 10 heteroatoms. The van der Waals surface area contributed by atoms with E-state index < -0.39 is 4.92 Å². The van der Waals surface area contributed by atoms with Crippen molar-refractivity contribution in [3.8, 4) is 17.2 Å². The first-order valence-electron chi connectivity index (χ1n) is 10.1. The first-order valence-corrected chi connectivity index (χ1v) is 10.5. The Morgan fingerprint density at radius 3 is 2.62 bits per heavy atom. The molecule has 0 aliphatic heterocycles. The predicted molar refractivity (Wildman–Crippen MR) is 127 cm³/mol. The summed E-state index contributed by atoms with van der Waals surface area (Å²) in [6.45, 7) is 0.499. The maximum absolute atomic E-state index is 13.0. The molecule has 1 N–H and O–H groups in total. The van der Waals surface area contributed by atoms with Crippen LogP contribution in [0.15, 0.2) is 79.1 Å². The average Bonchev–Trinajstić information content (AvgIpc) is 3.34. The van der Waals surface area contributed by atoms with Crippen LogP contribution in [-0.4, -0.2) is 27.7 Å². The van der Waals surface area contributed by atoms with E-state index in [-0.39, 0.29) is 33.9 Å². The van der Waals surface area contributed by atoms with Gasteiger partial charge in [0.05, 0.1) is 18.6 Å². The van der Waals surface area contributed by atoms with Crippen LogP contribution in [0.5, 0.6) is 17.2 Å². The molecule has 0 atom stereocenters. The summed E-state index contributed by atoms with van der Waals surface area (Å²) in [5.74, 6) is 0.0953. The molecule has 0 bridgehead atoms. The van der Waals surface area contributed by atoms with Crippen LogP contribution in [-0.2, 0) is 6.54 Å². The van der Waals surface area contributed by atoms with Crippen LogP contribution >= 0.6 is 11.6 Å². The van der Waals surface area contributed by atoms with E-state index >= 15 is 0 Å². The van der Waals surface area contributed by atoms with Gasteiger partial charge in [-0.25, -0.2) is 0 Å². The zero-order valence-corrected chi connectivity index (χ0v) is 18.7. The van der Waals surface area contributed by atoms with Crippen LogP contribution in [0, 0.1) is 10.1 Å². The van der Waals surface area contributed by atoms with Crippen molar-refractivity contribution in [2.75, 3.05) is 12.4 Å². The van der Waals surface area contributed by atoms with Gasteiger partial charge in [-0.3, -0.25) is 19.6 Å². The van der Waals surface area contributed by atoms with Crippen LogP contribution < -0.4 is 14.8 Å². The molecule has 1 heterocycles. The van der Waals surface area contributed by atoms with Gasteiger partial charge in [0, 0.05) is 34.7 Å². The number of nitrogens with zero attached hydrogens (tertiary/aromatic N) is 3. The number of anilines is 1. The second-order valence-electron chi connectivity index (χ2n) is 7.15. The van der Waals surface area contributed by atoms with Gasteiger partial charge in [0.15, 0.2) is 11.5 Å². The molecule has 34 heavy (non-hydrogen) atoms. The number of aromatic nitrogens is 2. The Bertz CT molecular complexity index is 1340. The van der Waals surface area contributed by atoms with Crippen molar-refractivity contribution in [3.63, 3.8) is 0 Å². The Kier molecular flexibility index (Phi) is 6.74. The summed E-state index contributed by atoms with van der Waals surface area (Å²) in [7, 11) is 1.42. The van der Waals surface area contributed by atoms with Gasteiger partial charge in [0.25, 0.3) is 5.91 Å². The maximum Gasteiger partial charge on any atom is 0.313 e. The molecule has 4 aromatic rings. The lowest BCUT2D eigenvalue weighted by atomic mass is 10.1. The number of carbonyl (C=O) groups excluding carboxylic acids is 1. The highest BCUT2D eigenvalue weighted by atomic mass is 35.5. The number of nitrogens with one attached hydrogen (secondary N) is 1. The largest absolute Gasteiger partial charge is 0.493 e. The number of amides is 1. The topological polar surface area (TPSA) is 109 Å². The molecule has 3 aromatic carbocycles. The molecule has 0 fully saturated rings. The number of nitro groups is 1. The Hall–Kier alpha value is -4.37. The summed E-state index contributed by atoms with van der Waals surface area (Å²) in [6.07, 6.45) is 3.53. The van der Waals surface area contributed by atoms with Gasteiger partial charge in [-0.2, -0.15) is 5.10 Å². The van der Waals surface area contributed by atoms with Gasteiger partial charge < -0.3 is 14.8 Å². The highest BCUT2D eigenvalue weighted by molar-refractivity contribution is 6.30. The lowest BCUT2D eigenvalue weighted by molar-refractivity contribution is -0.385. The number of ether oxygens (including phenoxy) is 2. The zero-order valence-electron chi connectivity index (χ0n) is 18.0. The third-order valence-corrected chi connectivity index (χ3v) is 5.16. The van der Waals surface area contributed by atoms with Crippen LogP contribution in [0.3, 0.4) is 0 Å². The number of carbonyl (C=O) groups is 1. The monoisotopic (exact) mass is 478 g/mol. The summed E-state index contributed by atoms with van der Waals surface area (Å²) in [5.41, 5.74) is 1.58. The average molecular weight is 479 g/mol. The third-order valence-electron chi connectivity index (χ3n) is 4.92. The van der Waals surface area contributed by atoms with Crippen LogP contribution in [0.1, 0.15) is 15.9 Å². The molecule has 0 unspecified atom stereocenters. The number of methoxy groups -OCH3 is 1. The number of nitro benzene ring substituents is 1. The summed E-state index contributed by atoms with van der Waals surface area (Å²) in [4.78, 5) is 23.7. The van der Waals surface area contributed by atoms with Crippen molar-refractivity contribution in [1.82, 2.24) is 9.78 Å². The first kappa shape index (κ1) is 22.8. The van der Waals surface area contributed by atoms with Crippen molar-refractivity contribution in [2.45, 2.75) is 6.54 Å². The minimum atomic E-state index is -0.587. The van der Waals surface area contributed by atoms with Crippen molar-refractivity contribution >= 4 is 28.9 Å². The summed E-state index contributed by atoms with van der Waals surface area (Å²) >= 11 is 5.86. The van der Waals surface area contributed by atoms with E-state index in [9.17, 15) is 14.9 Å². The molecule has 0 aliphatic carbocycles. The molecular formula is C24H19ClN4O5. The second-order valence-corrected chi connectivity index (χ2v) is 7.59. The number of hydrogen-bond donors (Lipinski definition) is 1. The minimum Gasteiger partial charge on any atom is -0.493 e. The maximum atomic E-state index is 13.0. The molecule has 1 amide bonds. The van der Waals surface area contributed by atoms with E-state index in [1.165, 1.54) is 37.4 Å². The Morgan fingerprint density at radius 1 is 1.09 bits per heavy atom. The molecule has 0 aliphatic rings. The standard InChI is InChI=1S/C24H19ClN4O5/c1-33-23-13-16(7-9-22(23)34-21-10-8-18(25)14-20(21)29(31)32)24(30)27-19-6-3-2-5-17(19)15-28-12-4-11-26-28/h2-14H,15H2,1H3,(H,27,30). The summed E-state index contributed by atoms with van der Waals surface area (Å²) in [6, 6.07) is 17.9. The molecule has 9 nitrogen and oxygen atoms in total. The van der Waals surface area contributed by atoms with Crippen LogP contribution in [0.25, 0.3) is 0 Å². The van der Waals surface area contributed by atoms with E-state index in [4.69, 9.17) is 21.1 Å². The minimum absolute atomic E-state index is 0.00236. The Labute approximate surface area is 199 Å². The highest BCUT2D eigenvalue weighted by Gasteiger charge is 2.19. The molecule has 0 saturated carbocycles. The van der Waals surface area contributed by atoms with E-state index in [2.05, 4.69) is 10.4 Å². The Morgan fingerprint density at radius 2 is 1.88 bits per heavy atom. The smallest absolute Gasteiger partial charge is 0.313 e. The van der Waals surface area contributed by atoms with Gasteiger partial charge in [-0.1, -0.05) is 29.8 Å². The van der Waals surface area contributed by atoms with Gasteiger partial charge in [-0.15, -0.1) is 0 Å². The van der Waals surface area contributed by atoms with Gasteiger partial charge >= 0.3 is 5.69 Å². The van der Waals surface area contributed by atoms with Crippen molar-refractivity contribution < 1.29 is 19.2 Å². The number of halogens is 1. The highest BCUT2D eigenvalue weighted by Crippen LogP contribution is 2.38. The number of rotatable bonds is 8. The van der Waals surface area contributed by atoms with Gasteiger partial charge in [-0.05, 0) is 48.0 Å². The number of benzene rings is 3. The molecular weight excluding hydrogens is 460 g/mol. The number of hydrogen-bond acceptors (Lipinski definition) is 6. The van der Waals surface area contributed by atoms with Gasteiger partial charge in [0.1, 0.15) is 0 Å². The quantitative estimate of drug-likeness (QED) is 0.263. The van der Waals surface area contributed by atoms with Crippen LogP contribution in [0.2, 0.25) is 5.02 Å². The van der Waals surface area contributed by atoms with E-state index in [0.717, 1.165) is 5.56 Å². The lowest BCUT2D eigenvalue weighted by Crippen LogP contribution is -2.14. The molecule has 1 aromatic heterocycles. The SMILES string of the molecule is COc1cc(C(=O)Nc2ccccc2Cn2cccn2)ccc1Oc1ccc(Cl)cc1[N+](=O)[O-]. The van der Waals surface area contributed by atoms with E-state index in [1.807, 2.05) is 36.5 Å². The Balaban J connectivity index is 1.56.